The second-order valence-electron chi connectivity index (χ2n) is 6.25. The number of anilines is 3. The number of nitrogens with one attached hydrogen (secondary N) is 2. The Balaban J connectivity index is 1.96. The summed E-state index contributed by atoms with van der Waals surface area (Å²) >= 11 is 0. The molecule has 146 valence electrons. The Morgan fingerprint density at radius 1 is 0.964 bits per heavy atom. The molecule has 2 aromatic carbocycles. The van der Waals surface area contributed by atoms with E-state index in [0.717, 1.165) is 16.9 Å². The second kappa shape index (κ2) is 9.05. The fraction of sp³-hybridized carbons (Fsp3) is 0.238. The number of methoxy groups -OCH3 is 2. The van der Waals surface area contributed by atoms with Gasteiger partial charge in [0.25, 0.3) is 0 Å². The molecule has 1 heterocycles. The summed E-state index contributed by atoms with van der Waals surface area (Å²) in [7, 11) is 3.19. The van der Waals surface area contributed by atoms with Gasteiger partial charge in [0.15, 0.2) is 11.5 Å². The molecular weight excluding hydrogens is 356 g/mol. The lowest BCUT2D eigenvalue weighted by Gasteiger charge is -2.15. The number of aliphatic hydroxyl groups excluding tert-OH is 1. The minimum Gasteiger partial charge on any atom is -0.493 e. The molecule has 0 saturated carbocycles. The third-order valence-corrected chi connectivity index (χ3v) is 4.10. The number of rotatable bonds is 8. The molecule has 0 amide bonds. The van der Waals surface area contributed by atoms with Gasteiger partial charge in [-0.1, -0.05) is 30.3 Å². The first kappa shape index (κ1) is 19.4. The van der Waals surface area contributed by atoms with Gasteiger partial charge in [-0.15, -0.1) is 0 Å². The van der Waals surface area contributed by atoms with Gasteiger partial charge in [0.1, 0.15) is 5.82 Å². The number of aliphatic hydroxyl groups is 1. The van der Waals surface area contributed by atoms with Crippen LogP contribution in [0.15, 0.2) is 54.6 Å². The molecule has 3 aromatic rings. The quantitative estimate of drug-likeness (QED) is 0.549. The van der Waals surface area contributed by atoms with E-state index >= 15 is 0 Å². The Morgan fingerprint density at radius 3 is 2.39 bits per heavy atom. The Kier molecular flexibility index (Phi) is 6.29. The van der Waals surface area contributed by atoms with Crippen LogP contribution in [0.2, 0.25) is 0 Å². The molecular formula is C21H24N4O3. The summed E-state index contributed by atoms with van der Waals surface area (Å²) in [6.45, 7) is 1.84. The molecule has 0 bridgehead atoms. The smallest absolute Gasteiger partial charge is 0.225 e. The lowest BCUT2D eigenvalue weighted by Crippen LogP contribution is -2.21. The van der Waals surface area contributed by atoms with Crippen molar-refractivity contribution in [1.82, 2.24) is 9.97 Å². The fourth-order valence-corrected chi connectivity index (χ4v) is 2.66. The monoisotopic (exact) mass is 380 g/mol. The molecule has 28 heavy (non-hydrogen) atoms. The SMILES string of the molecule is COc1ccc(Nc2cc(-c3ccccc3)nc(N[C@H](C)CO)n2)cc1OC. The molecule has 0 radical (unpaired) electrons. The topological polar surface area (TPSA) is 88.5 Å². The van der Waals surface area contributed by atoms with E-state index in [2.05, 4.69) is 20.6 Å². The third kappa shape index (κ3) is 4.69. The standard InChI is InChI=1S/C21H24N4O3/c1-14(13-26)22-21-24-17(15-7-5-4-6-8-15)12-20(25-21)23-16-9-10-18(27-2)19(11-16)28-3/h4-12,14,26H,13H2,1-3H3,(H2,22,23,24,25)/t14-/m1/s1. The van der Waals surface area contributed by atoms with Crippen LogP contribution in [0.25, 0.3) is 11.3 Å². The summed E-state index contributed by atoms with van der Waals surface area (Å²) in [4.78, 5) is 9.10. The van der Waals surface area contributed by atoms with E-state index in [1.807, 2.05) is 61.5 Å². The predicted molar refractivity (Wildman–Crippen MR) is 110 cm³/mol. The molecule has 7 nitrogen and oxygen atoms in total. The molecule has 0 aliphatic heterocycles. The Morgan fingerprint density at radius 2 is 1.71 bits per heavy atom. The van der Waals surface area contributed by atoms with Crippen LogP contribution >= 0.6 is 0 Å². The van der Waals surface area contributed by atoms with Crippen LogP contribution in [-0.2, 0) is 0 Å². The third-order valence-electron chi connectivity index (χ3n) is 4.10. The first-order valence-corrected chi connectivity index (χ1v) is 8.94. The summed E-state index contributed by atoms with van der Waals surface area (Å²) in [6.07, 6.45) is 0. The number of hydrogen-bond donors (Lipinski definition) is 3. The molecule has 0 fully saturated rings. The number of ether oxygens (including phenoxy) is 2. The summed E-state index contributed by atoms with van der Waals surface area (Å²) in [5, 5.41) is 15.7. The molecule has 1 aromatic heterocycles. The molecule has 3 N–H and O–H groups in total. The highest BCUT2D eigenvalue weighted by Gasteiger charge is 2.11. The highest BCUT2D eigenvalue weighted by Crippen LogP contribution is 2.31. The van der Waals surface area contributed by atoms with E-state index in [4.69, 9.17) is 9.47 Å². The van der Waals surface area contributed by atoms with Crippen LogP contribution in [0.1, 0.15) is 6.92 Å². The van der Waals surface area contributed by atoms with Crippen LogP contribution < -0.4 is 20.1 Å². The zero-order valence-corrected chi connectivity index (χ0v) is 16.1. The first-order chi connectivity index (χ1) is 13.6. The molecule has 0 aliphatic carbocycles. The van der Waals surface area contributed by atoms with Gasteiger partial charge < -0.3 is 25.2 Å². The average molecular weight is 380 g/mol. The average Bonchev–Trinajstić information content (AvgIpc) is 2.74. The molecule has 0 aliphatic rings. The molecule has 7 heteroatoms. The summed E-state index contributed by atoms with van der Waals surface area (Å²) in [5.74, 6) is 2.33. The van der Waals surface area contributed by atoms with Gasteiger partial charge >= 0.3 is 0 Å². The Bertz CT molecular complexity index is 919. The van der Waals surface area contributed by atoms with Crippen molar-refractivity contribution < 1.29 is 14.6 Å². The van der Waals surface area contributed by atoms with Gasteiger partial charge in [0.05, 0.1) is 26.5 Å². The lowest BCUT2D eigenvalue weighted by atomic mass is 10.1. The van der Waals surface area contributed by atoms with Crippen molar-refractivity contribution >= 4 is 17.5 Å². The van der Waals surface area contributed by atoms with Crippen LogP contribution in [0.5, 0.6) is 11.5 Å². The van der Waals surface area contributed by atoms with Crippen molar-refractivity contribution in [3.63, 3.8) is 0 Å². The van der Waals surface area contributed by atoms with Crippen LogP contribution in [0, 0.1) is 0 Å². The van der Waals surface area contributed by atoms with E-state index < -0.39 is 0 Å². The lowest BCUT2D eigenvalue weighted by molar-refractivity contribution is 0.281. The van der Waals surface area contributed by atoms with E-state index in [9.17, 15) is 5.11 Å². The highest BCUT2D eigenvalue weighted by molar-refractivity contribution is 5.68. The van der Waals surface area contributed by atoms with Crippen molar-refractivity contribution in [3.8, 4) is 22.8 Å². The van der Waals surface area contributed by atoms with Crippen molar-refractivity contribution in [3.05, 3.63) is 54.6 Å². The molecule has 3 rings (SSSR count). The van der Waals surface area contributed by atoms with Gasteiger partial charge in [0.2, 0.25) is 5.95 Å². The number of hydrogen-bond acceptors (Lipinski definition) is 7. The second-order valence-corrected chi connectivity index (χ2v) is 6.25. The van der Waals surface area contributed by atoms with Crippen LogP contribution in [-0.4, -0.2) is 41.9 Å². The van der Waals surface area contributed by atoms with Crippen molar-refractivity contribution in [2.24, 2.45) is 0 Å². The van der Waals surface area contributed by atoms with E-state index in [1.54, 1.807) is 14.2 Å². The number of benzene rings is 2. The largest absolute Gasteiger partial charge is 0.493 e. The van der Waals surface area contributed by atoms with Gasteiger partial charge in [-0.05, 0) is 19.1 Å². The van der Waals surface area contributed by atoms with E-state index in [1.165, 1.54) is 0 Å². The summed E-state index contributed by atoms with van der Waals surface area (Å²) in [5.41, 5.74) is 2.54. The fourth-order valence-electron chi connectivity index (χ4n) is 2.66. The van der Waals surface area contributed by atoms with Gasteiger partial charge in [0, 0.05) is 29.4 Å². The predicted octanol–water partition coefficient (Wildman–Crippen LogP) is 3.70. The first-order valence-electron chi connectivity index (χ1n) is 8.94. The van der Waals surface area contributed by atoms with Crippen LogP contribution in [0.4, 0.5) is 17.5 Å². The van der Waals surface area contributed by atoms with Crippen molar-refractivity contribution in [2.45, 2.75) is 13.0 Å². The summed E-state index contributed by atoms with van der Waals surface area (Å²) in [6, 6.07) is 17.1. The highest BCUT2D eigenvalue weighted by atomic mass is 16.5. The molecule has 0 saturated heterocycles. The van der Waals surface area contributed by atoms with Gasteiger partial charge in [-0.3, -0.25) is 0 Å². The van der Waals surface area contributed by atoms with E-state index in [0.29, 0.717) is 23.3 Å². The van der Waals surface area contributed by atoms with E-state index in [-0.39, 0.29) is 12.6 Å². The molecule has 0 spiro atoms. The maximum atomic E-state index is 9.33. The Labute approximate surface area is 164 Å². The normalized spacial score (nSPS) is 11.6. The zero-order chi connectivity index (χ0) is 19.9. The summed E-state index contributed by atoms with van der Waals surface area (Å²) < 4.78 is 10.6. The number of nitrogens with zero attached hydrogens (tertiary/aromatic N) is 2. The maximum absolute atomic E-state index is 9.33. The molecule has 0 unspecified atom stereocenters. The van der Waals surface area contributed by atoms with Gasteiger partial charge in [-0.2, -0.15) is 4.98 Å². The van der Waals surface area contributed by atoms with Gasteiger partial charge in [-0.25, -0.2) is 4.98 Å². The number of aromatic nitrogens is 2. The molecule has 1 atom stereocenters. The van der Waals surface area contributed by atoms with Crippen molar-refractivity contribution in [2.75, 3.05) is 31.5 Å². The maximum Gasteiger partial charge on any atom is 0.225 e. The van der Waals surface area contributed by atoms with Crippen LogP contribution in [0.3, 0.4) is 0 Å². The minimum atomic E-state index is -0.167. The zero-order valence-electron chi connectivity index (χ0n) is 16.1. The minimum absolute atomic E-state index is 0.0165. The van der Waals surface area contributed by atoms with Crippen molar-refractivity contribution in [1.29, 1.82) is 0 Å². The Hall–Kier alpha value is -3.32.